The van der Waals surface area contributed by atoms with Crippen molar-refractivity contribution in [3.05, 3.63) is 74.9 Å². The van der Waals surface area contributed by atoms with Crippen LogP contribution in [0, 0.1) is 11.6 Å². The standard InChI is InChI=1S/C28H28F2N2O5S/c1-3-11-37-12-5-7-16-6-4-8-19-18(16)9-10-24-25(19)31-28(38-24)32-26(33)17-13-21(29)20(22(30)14-17)15-23(36-2)27(34)35/h4,6,8,13-15H,3,5,7,9-12H2,1-2H3,(H,34,35)(H,31,32,33)/b23-15+. The van der Waals surface area contributed by atoms with Gasteiger partial charge in [-0.15, -0.1) is 11.3 Å². The number of carbonyl (C=O) groups excluding carboxylic acids is 1. The number of carbonyl (C=O) groups is 2. The molecule has 1 aliphatic carbocycles. The first-order valence-electron chi connectivity index (χ1n) is 12.3. The Hall–Kier alpha value is -3.63. The number of aryl methyl sites for hydroxylation is 2. The van der Waals surface area contributed by atoms with Gasteiger partial charge < -0.3 is 14.6 Å². The third-order valence-electron chi connectivity index (χ3n) is 6.18. The first-order valence-corrected chi connectivity index (χ1v) is 13.1. The molecule has 2 aromatic carbocycles. The van der Waals surface area contributed by atoms with Crippen molar-refractivity contribution >= 4 is 34.4 Å². The molecule has 1 amide bonds. The lowest BCUT2D eigenvalue weighted by molar-refractivity contribution is -0.135. The van der Waals surface area contributed by atoms with E-state index < -0.39 is 34.8 Å². The molecule has 0 saturated heterocycles. The molecule has 0 spiro atoms. The molecule has 0 radical (unpaired) electrons. The van der Waals surface area contributed by atoms with Crippen molar-refractivity contribution in [1.29, 1.82) is 0 Å². The summed E-state index contributed by atoms with van der Waals surface area (Å²) >= 11 is 1.34. The zero-order chi connectivity index (χ0) is 27.2. The van der Waals surface area contributed by atoms with Crippen molar-refractivity contribution in [3.63, 3.8) is 0 Å². The highest BCUT2D eigenvalue weighted by Gasteiger charge is 2.24. The summed E-state index contributed by atoms with van der Waals surface area (Å²) in [5, 5.41) is 12.0. The summed E-state index contributed by atoms with van der Waals surface area (Å²) < 4.78 is 39.4. The fourth-order valence-corrected chi connectivity index (χ4v) is 5.35. The number of aromatic nitrogens is 1. The van der Waals surface area contributed by atoms with Crippen molar-refractivity contribution in [3.8, 4) is 11.3 Å². The Morgan fingerprint density at radius 1 is 1.18 bits per heavy atom. The number of anilines is 1. The van der Waals surface area contributed by atoms with E-state index in [2.05, 4.69) is 28.0 Å². The number of nitrogens with one attached hydrogen (secondary N) is 1. The second-order valence-corrected chi connectivity index (χ2v) is 9.86. The van der Waals surface area contributed by atoms with Crippen molar-refractivity contribution in [1.82, 2.24) is 4.98 Å². The molecule has 1 aromatic heterocycles. The number of methoxy groups -OCH3 is 1. The van der Waals surface area contributed by atoms with Gasteiger partial charge in [-0.25, -0.2) is 18.6 Å². The van der Waals surface area contributed by atoms with Crippen LogP contribution in [0.15, 0.2) is 36.1 Å². The number of rotatable bonds is 11. The molecule has 0 atom stereocenters. The maximum Gasteiger partial charge on any atom is 0.371 e. The van der Waals surface area contributed by atoms with E-state index in [1.165, 1.54) is 22.5 Å². The van der Waals surface area contributed by atoms with E-state index in [4.69, 9.17) is 9.84 Å². The molecule has 0 aliphatic heterocycles. The molecule has 200 valence electrons. The Bertz CT molecular complexity index is 1360. The quantitative estimate of drug-likeness (QED) is 0.179. The van der Waals surface area contributed by atoms with E-state index in [9.17, 15) is 18.4 Å². The Morgan fingerprint density at radius 3 is 2.63 bits per heavy atom. The molecule has 3 aromatic rings. The Morgan fingerprint density at radius 2 is 1.95 bits per heavy atom. The smallest absolute Gasteiger partial charge is 0.371 e. The molecule has 0 fully saturated rings. The predicted octanol–water partition coefficient (Wildman–Crippen LogP) is 5.87. The summed E-state index contributed by atoms with van der Waals surface area (Å²) in [6, 6.07) is 7.86. The van der Waals surface area contributed by atoms with E-state index in [-0.39, 0.29) is 5.56 Å². The average molecular weight is 543 g/mol. The van der Waals surface area contributed by atoms with E-state index in [1.54, 1.807) is 0 Å². The van der Waals surface area contributed by atoms with Crippen molar-refractivity contribution in [2.45, 2.75) is 39.0 Å². The number of halogens is 2. The zero-order valence-electron chi connectivity index (χ0n) is 21.1. The molecule has 7 nitrogen and oxygen atoms in total. The number of hydrogen-bond donors (Lipinski definition) is 2. The fraction of sp³-hybridized carbons (Fsp3) is 0.321. The normalized spacial score (nSPS) is 12.6. The summed E-state index contributed by atoms with van der Waals surface area (Å²) in [6.07, 6.45) is 5.24. The molecule has 38 heavy (non-hydrogen) atoms. The van der Waals surface area contributed by atoms with E-state index >= 15 is 0 Å². The first-order chi connectivity index (χ1) is 18.3. The minimum Gasteiger partial charge on any atom is -0.490 e. The molecule has 1 heterocycles. The monoisotopic (exact) mass is 542 g/mol. The van der Waals surface area contributed by atoms with Crippen molar-refractivity contribution in [2.24, 2.45) is 0 Å². The lowest BCUT2D eigenvalue weighted by Gasteiger charge is -2.18. The second kappa shape index (κ2) is 12.3. The summed E-state index contributed by atoms with van der Waals surface area (Å²) in [5.41, 5.74) is 3.50. The third kappa shape index (κ3) is 6.08. The van der Waals surface area contributed by atoms with E-state index in [0.29, 0.717) is 5.13 Å². The van der Waals surface area contributed by atoms with Gasteiger partial charge in [0.1, 0.15) is 11.6 Å². The number of ether oxygens (including phenoxy) is 2. The lowest BCUT2D eigenvalue weighted by atomic mass is 9.88. The molecular weight excluding hydrogens is 514 g/mol. The Labute approximate surface area is 223 Å². The summed E-state index contributed by atoms with van der Waals surface area (Å²) in [7, 11) is 1.08. The molecule has 0 unspecified atom stereocenters. The van der Waals surface area contributed by atoms with Crippen LogP contribution in [-0.4, -0.2) is 42.3 Å². The van der Waals surface area contributed by atoms with E-state index in [0.717, 1.165) is 86.8 Å². The highest BCUT2D eigenvalue weighted by Crippen LogP contribution is 2.39. The SMILES string of the molecule is CCCOCCCc1cccc2c1CCc1sc(NC(=O)c3cc(F)c(/C=C(/OC)C(=O)O)c(F)c3)nc1-2. The van der Waals surface area contributed by atoms with Crippen LogP contribution in [0.2, 0.25) is 0 Å². The van der Waals surface area contributed by atoms with Crippen LogP contribution in [0.4, 0.5) is 13.9 Å². The minimum absolute atomic E-state index is 0.257. The van der Waals surface area contributed by atoms with E-state index in [1.807, 2.05) is 12.1 Å². The molecule has 0 saturated carbocycles. The highest BCUT2D eigenvalue weighted by molar-refractivity contribution is 7.16. The minimum atomic E-state index is -1.48. The number of benzene rings is 2. The third-order valence-corrected chi connectivity index (χ3v) is 7.21. The number of thiazole rings is 1. The molecule has 10 heteroatoms. The van der Waals surface area contributed by atoms with Gasteiger partial charge in [-0.05, 0) is 55.4 Å². The zero-order valence-corrected chi connectivity index (χ0v) is 21.9. The van der Waals surface area contributed by atoms with Gasteiger partial charge in [0.25, 0.3) is 5.91 Å². The molecular formula is C28H28F2N2O5S. The highest BCUT2D eigenvalue weighted by atomic mass is 32.1. The Balaban J connectivity index is 1.51. The van der Waals surface area contributed by atoms with Crippen LogP contribution >= 0.6 is 11.3 Å². The van der Waals surface area contributed by atoms with Crippen LogP contribution in [0.25, 0.3) is 17.3 Å². The maximum absolute atomic E-state index is 14.6. The van der Waals surface area contributed by atoms with Gasteiger partial charge in [0.05, 0.1) is 12.8 Å². The van der Waals surface area contributed by atoms with Crippen molar-refractivity contribution < 1.29 is 33.0 Å². The van der Waals surface area contributed by atoms with Crippen LogP contribution in [0.3, 0.4) is 0 Å². The summed E-state index contributed by atoms with van der Waals surface area (Å²) in [4.78, 5) is 29.6. The molecule has 0 bridgehead atoms. The van der Waals surface area contributed by atoms with Gasteiger partial charge in [0, 0.05) is 40.9 Å². The van der Waals surface area contributed by atoms with Gasteiger partial charge in [-0.1, -0.05) is 25.1 Å². The topological polar surface area (TPSA) is 97.8 Å². The largest absolute Gasteiger partial charge is 0.490 e. The molecule has 1 aliphatic rings. The number of carboxylic acids is 1. The number of aliphatic carboxylic acids is 1. The maximum atomic E-state index is 14.6. The van der Waals surface area contributed by atoms with Gasteiger partial charge in [0.15, 0.2) is 5.13 Å². The fourth-order valence-electron chi connectivity index (χ4n) is 4.38. The number of hydrogen-bond acceptors (Lipinski definition) is 6. The van der Waals surface area contributed by atoms with Crippen LogP contribution < -0.4 is 5.32 Å². The number of fused-ring (bicyclic) bond motifs is 3. The lowest BCUT2D eigenvalue weighted by Crippen LogP contribution is -2.13. The number of amides is 1. The van der Waals surface area contributed by atoms with Gasteiger partial charge >= 0.3 is 5.97 Å². The summed E-state index contributed by atoms with van der Waals surface area (Å²) in [5.74, 6) is -5.02. The first kappa shape index (κ1) is 27.4. The molecule has 2 N–H and O–H groups in total. The van der Waals surface area contributed by atoms with Crippen LogP contribution in [0.1, 0.15) is 51.7 Å². The number of nitrogens with zero attached hydrogens (tertiary/aromatic N) is 1. The van der Waals surface area contributed by atoms with Gasteiger partial charge in [-0.3, -0.25) is 10.1 Å². The molecule has 4 rings (SSSR count). The van der Waals surface area contributed by atoms with Gasteiger partial charge in [-0.2, -0.15) is 0 Å². The summed E-state index contributed by atoms with van der Waals surface area (Å²) in [6.45, 7) is 3.58. The second-order valence-electron chi connectivity index (χ2n) is 8.78. The Kier molecular flexibility index (Phi) is 8.85. The number of carboxylic acid groups (broad SMARTS) is 1. The van der Waals surface area contributed by atoms with Crippen molar-refractivity contribution in [2.75, 3.05) is 25.6 Å². The van der Waals surface area contributed by atoms with Gasteiger partial charge in [0.2, 0.25) is 5.76 Å². The predicted molar refractivity (Wildman–Crippen MR) is 141 cm³/mol. The average Bonchev–Trinajstić information content (AvgIpc) is 3.31. The van der Waals surface area contributed by atoms with Crippen LogP contribution in [-0.2, 0) is 33.5 Å². The van der Waals surface area contributed by atoms with Crippen LogP contribution in [0.5, 0.6) is 0 Å².